The zero-order valence-corrected chi connectivity index (χ0v) is 17.5. The van der Waals surface area contributed by atoms with Crippen LogP contribution in [0.5, 0.6) is 5.75 Å². The van der Waals surface area contributed by atoms with Crippen molar-refractivity contribution in [3.63, 3.8) is 0 Å². The van der Waals surface area contributed by atoms with Gasteiger partial charge in [0, 0.05) is 6.04 Å². The second-order valence-corrected chi connectivity index (χ2v) is 11.6. The maximum Gasteiger partial charge on any atom is 0.274 e. The quantitative estimate of drug-likeness (QED) is 0.688. The number of rotatable bonds is 7. The van der Waals surface area contributed by atoms with Gasteiger partial charge in [-0.2, -0.15) is 0 Å². The highest BCUT2D eigenvalue weighted by Crippen LogP contribution is 2.28. The van der Waals surface area contributed by atoms with Crippen LogP contribution >= 0.6 is 11.3 Å². The van der Waals surface area contributed by atoms with Crippen LogP contribution in [0.3, 0.4) is 0 Å². The summed E-state index contributed by atoms with van der Waals surface area (Å²) >= 11 is 1.05. The lowest BCUT2D eigenvalue weighted by Gasteiger charge is -2.24. The third-order valence-corrected chi connectivity index (χ3v) is 9.20. The molecule has 1 aromatic heterocycles. The van der Waals surface area contributed by atoms with Crippen LogP contribution in [0.1, 0.15) is 6.42 Å². The molecule has 3 rings (SSSR count). The van der Waals surface area contributed by atoms with E-state index >= 15 is 0 Å². The maximum atomic E-state index is 13.1. The van der Waals surface area contributed by atoms with Crippen LogP contribution in [-0.4, -0.2) is 53.9 Å². The fourth-order valence-electron chi connectivity index (χ4n) is 2.89. The first kappa shape index (κ1) is 20.6. The molecule has 1 aliphatic heterocycles. The van der Waals surface area contributed by atoms with E-state index in [0.29, 0.717) is 17.9 Å². The number of sulfonamides is 1. The molecule has 1 aromatic carbocycles. The summed E-state index contributed by atoms with van der Waals surface area (Å²) in [6, 6.07) is 8.90. The van der Waals surface area contributed by atoms with E-state index in [1.165, 1.54) is 13.2 Å². The third kappa shape index (κ3) is 4.65. The topological polar surface area (TPSA) is 110 Å². The number of anilines is 1. The van der Waals surface area contributed by atoms with E-state index in [4.69, 9.17) is 4.74 Å². The zero-order chi connectivity index (χ0) is 20.4. The van der Waals surface area contributed by atoms with E-state index in [9.17, 15) is 21.6 Å². The summed E-state index contributed by atoms with van der Waals surface area (Å²) in [4.78, 5) is 12.5. The van der Waals surface area contributed by atoms with Crippen LogP contribution in [0.4, 0.5) is 5.69 Å². The number of carbonyl (C=O) groups is 1. The maximum absolute atomic E-state index is 13.1. The van der Waals surface area contributed by atoms with Gasteiger partial charge >= 0.3 is 0 Å². The number of nitrogens with one attached hydrogen (secondary N) is 1. The summed E-state index contributed by atoms with van der Waals surface area (Å²) in [5.41, 5.74) is 0.309. The minimum atomic E-state index is -3.95. The fraction of sp³-hybridized carbons (Fsp3) is 0.353. The molecule has 0 aliphatic carbocycles. The Hall–Kier alpha value is -2.11. The molecule has 1 atom stereocenters. The second kappa shape index (κ2) is 8.10. The smallest absolute Gasteiger partial charge is 0.274 e. The van der Waals surface area contributed by atoms with Crippen LogP contribution in [-0.2, 0) is 24.7 Å². The third-order valence-electron chi connectivity index (χ3n) is 4.28. The Morgan fingerprint density at radius 3 is 2.54 bits per heavy atom. The van der Waals surface area contributed by atoms with Crippen molar-refractivity contribution in [2.24, 2.45) is 0 Å². The van der Waals surface area contributed by atoms with Crippen LogP contribution in [0.15, 0.2) is 46.0 Å². The molecular weight excluding hydrogens is 424 g/mol. The SMILES string of the molecule is COc1ccc(N(CC(=O)N[C@@H]2CCS(=O)(=O)C2)S(=O)(=O)c2cccs2)cc1. The Morgan fingerprint density at radius 1 is 1.29 bits per heavy atom. The number of amides is 1. The summed E-state index contributed by atoms with van der Waals surface area (Å²) in [7, 11) is -5.60. The predicted octanol–water partition coefficient (Wildman–Crippen LogP) is 1.26. The summed E-state index contributed by atoms with van der Waals surface area (Å²) < 4.78 is 55.5. The van der Waals surface area contributed by atoms with Gasteiger partial charge < -0.3 is 10.1 Å². The van der Waals surface area contributed by atoms with Crippen LogP contribution in [0.2, 0.25) is 0 Å². The molecule has 152 valence electrons. The Morgan fingerprint density at radius 2 is 2.00 bits per heavy atom. The summed E-state index contributed by atoms with van der Waals surface area (Å²) in [5.74, 6) is -0.108. The van der Waals surface area contributed by atoms with Gasteiger partial charge in [0.05, 0.1) is 24.3 Å². The lowest BCUT2D eigenvalue weighted by molar-refractivity contribution is -0.120. The van der Waals surface area contributed by atoms with Gasteiger partial charge in [-0.05, 0) is 42.1 Å². The number of hydrogen-bond donors (Lipinski definition) is 1. The molecule has 2 heterocycles. The number of hydrogen-bond acceptors (Lipinski definition) is 7. The van der Waals surface area contributed by atoms with Crippen molar-refractivity contribution in [3.05, 3.63) is 41.8 Å². The van der Waals surface area contributed by atoms with E-state index in [-0.39, 0.29) is 15.7 Å². The van der Waals surface area contributed by atoms with Crippen molar-refractivity contribution in [1.82, 2.24) is 5.32 Å². The number of benzene rings is 1. The highest BCUT2D eigenvalue weighted by molar-refractivity contribution is 7.94. The molecule has 1 N–H and O–H groups in total. The van der Waals surface area contributed by atoms with E-state index in [2.05, 4.69) is 5.32 Å². The Bertz CT molecular complexity index is 1030. The van der Waals surface area contributed by atoms with Gasteiger partial charge in [0.15, 0.2) is 9.84 Å². The first-order chi connectivity index (χ1) is 13.2. The first-order valence-corrected chi connectivity index (χ1v) is 12.6. The molecule has 1 fully saturated rings. The van der Waals surface area contributed by atoms with Gasteiger partial charge in [-0.1, -0.05) is 6.07 Å². The minimum Gasteiger partial charge on any atom is -0.497 e. The standard InChI is InChI=1S/C17H20N2O6S3/c1-25-15-6-4-14(5-7-15)19(28(23,24)17-3-2-9-26-17)11-16(20)18-13-8-10-27(21,22)12-13/h2-7,9,13H,8,10-12H2,1H3,(H,18,20)/t13-/m1/s1. The molecule has 8 nitrogen and oxygen atoms in total. The van der Waals surface area contributed by atoms with Gasteiger partial charge in [0.1, 0.15) is 16.5 Å². The fourth-order valence-corrected chi connectivity index (χ4v) is 7.09. The largest absolute Gasteiger partial charge is 0.497 e. The van der Waals surface area contributed by atoms with Crippen molar-refractivity contribution < 1.29 is 26.4 Å². The predicted molar refractivity (Wildman–Crippen MR) is 107 cm³/mol. The van der Waals surface area contributed by atoms with Gasteiger partial charge in [-0.25, -0.2) is 16.8 Å². The van der Waals surface area contributed by atoms with E-state index in [0.717, 1.165) is 15.6 Å². The average molecular weight is 445 g/mol. The van der Waals surface area contributed by atoms with Gasteiger partial charge in [-0.3, -0.25) is 9.10 Å². The lowest BCUT2D eigenvalue weighted by atomic mass is 10.2. The average Bonchev–Trinajstić information content (AvgIpc) is 3.30. The second-order valence-electron chi connectivity index (χ2n) is 6.31. The highest BCUT2D eigenvalue weighted by atomic mass is 32.2. The molecule has 28 heavy (non-hydrogen) atoms. The number of carbonyl (C=O) groups excluding carboxylic acids is 1. The molecule has 11 heteroatoms. The van der Waals surface area contributed by atoms with Crippen molar-refractivity contribution in [2.45, 2.75) is 16.7 Å². The normalized spacial score (nSPS) is 18.5. The van der Waals surface area contributed by atoms with E-state index in [1.54, 1.807) is 35.7 Å². The zero-order valence-electron chi connectivity index (χ0n) is 15.1. The molecular formula is C17H20N2O6S3. The highest BCUT2D eigenvalue weighted by Gasteiger charge is 2.32. The van der Waals surface area contributed by atoms with Crippen molar-refractivity contribution in [2.75, 3.05) is 29.5 Å². The molecule has 0 saturated carbocycles. The number of thiophene rings is 1. The van der Waals surface area contributed by atoms with Crippen LogP contribution in [0, 0.1) is 0 Å². The molecule has 0 unspecified atom stereocenters. The van der Waals surface area contributed by atoms with Crippen molar-refractivity contribution >= 4 is 42.8 Å². The Kier molecular flexibility index (Phi) is 5.96. The Labute approximate surface area is 168 Å². The first-order valence-electron chi connectivity index (χ1n) is 8.41. The molecule has 0 spiro atoms. The molecule has 1 amide bonds. The van der Waals surface area contributed by atoms with E-state index in [1.807, 2.05) is 0 Å². The van der Waals surface area contributed by atoms with E-state index < -0.39 is 38.4 Å². The molecule has 0 radical (unpaired) electrons. The van der Waals surface area contributed by atoms with Gasteiger partial charge in [-0.15, -0.1) is 11.3 Å². The number of nitrogens with zero attached hydrogens (tertiary/aromatic N) is 1. The van der Waals surface area contributed by atoms with Gasteiger partial charge in [0.2, 0.25) is 5.91 Å². The lowest BCUT2D eigenvalue weighted by Crippen LogP contribution is -2.44. The van der Waals surface area contributed by atoms with Crippen molar-refractivity contribution in [3.8, 4) is 5.75 Å². The number of methoxy groups -OCH3 is 1. The Balaban J connectivity index is 1.85. The molecule has 0 bridgehead atoms. The minimum absolute atomic E-state index is 0.0215. The van der Waals surface area contributed by atoms with Crippen molar-refractivity contribution in [1.29, 1.82) is 0 Å². The summed E-state index contributed by atoms with van der Waals surface area (Å²) in [6.45, 7) is -0.455. The molecule has 1 saturated heterocycles. The van der Waals surface area contributed by atoms with Gasteiger partial charge in [0.25, 0.3) is 10.0 Å². The summed E-state index contributed by atoms with van der Waals surface area (Å²) in [6.07, 6.45) is 0.328. The molecule has 2 aromatic rings. The molecule has 1 aliphatic rings. The van der Waals surface area contributed by atoms with Crippen LogP contribution < -0.4 is 14.4 Å². The number of sulfone groups is 1. The summed E-state index contributed by atoms with van der Waals surface area (Å²) in [5, 5.41) is 4.27. The monoisotopic (exact) mass is 444 g/mol. The van der Waals surface area contributed by atoms with Crippen LogP contribution in [0.25, 0.3) is 0 Å². The number of ether oxygens (including phenoxy) is 1.